The van der Waals surface area contributed by atoms with Gasteiger partial charge in [0, 0.05) is 7.05 Å². The molecule has 0 N–H and O–H groups in total. The molecule has 0 saturated carbocycles. The summed E-state index contributed by atoms with van der Waals surface area (Å²) < 4.78 is 27.2. The van der Waals surface area contributed by atoms with Crippen molar-refractivity contribution in [3.63, 3.8) is 0 Å². The molecule has 2 aromatic rings. The van der Waals surface area contributed by atoms with Gasteiger partial charge in [-0.3, -0.25) is 0 Å². The first-order valence-electron chi connectivity index (χ1n) is 6.70. The number of thiophene rings is 1. The van der Waals surface area contributed by atoms with E-state index in [0.29, 0.717) is 4.21 Å². The van der Waals surface area contributed by atoms with Crippen LogP contribution in [0.15, 0.2) is 46.0 Å². The highest BCUT2D eigenvalue weighted by molar-refractivity contribution is 7.91. The first kappa shape index (κ1) is 13.8. The maximum atomic E-state index is 12.6. The van der Waals surface area contributed by atoms with Crippen LogP contribution in [0.3, 0.4) is 0 Å². The van der Waals surface area contributed by atoms with Crippen LogP contribution in [0.1, 0.15) is 30.0 Å². The van der Waals surface area contributed by atoms with Gasteiger partial charge in [-0.1, -0.05) is 30.3 Å². The molecule has 5 heteroatoms. The van der Waals surface area contributed by atoms with E-state index < -0.39 is 10.0 Å². The number of nitrogens with zero attached hydrogens (tertiary/aromatic N) is 1. The second kappa shape index (κ2) is 5.31. The van der Waals surface area contributed by atoms with Crippen molar-refractivity contribution in [3.05, 3.63) is 52.9 Å². The Balaban J connectivity index is 1.99. The van der Waals surface area contributed by atoms with Crippen LogP contribution in [0.4, 0.5) is 0 Å². The Bertz CT molecular complexity index is 692. The number of sulfonamides is 1. The maximum Gasteiger partial charge on any atom is 0.252 e. The molecule has 3 rings (SSSR count). The molecule has 1 atom stereocenters. The molecule has 0 fully saturated rings. The largest absolute Gasteiger partial charge is 0.252 e. The Morgan fingerprint density at radius 3 is 2.75 bits per heavy atom. The van der Waals surface area contributed by atoms with Gasteiger partial charge in [0.15, 0.2) is 0 Å². The monoisotopic (exact) mass is 307 g/mol. The predicted octanol–water partition coefficient (Wildman–Crippen LogP) is 3.45. The minimum absolute atomic E-state index is 0.0490. The van der Waals surface area contributed by atoms with Crippen molar-refractivity contribution >= 4 is 21.4 Å². The summed E-state index contributed by atoms with van der Waals surface area (Å²) in [4.78, 5) is 0. The molecule has 0 saturated heterocycles. The Morgan fingerprint density at radius 1 is 1.20 bits per heavy atom. The summed E-state index contributed by atoms with van der Waals surface area (Å²) in [5.74, 6) is 0. The molecule has 0 spiro atoms. The van der Waals surface area contributed by atoms with Gasteiger partial charge in [0.1, 0.15) is 4.21 Å². The zero-order chi connectivity index (χ0) is 14.2. The summed E-state index contributed by atoms with van der Waals surface area (Å²) in [7, 11) is -1.69. The van der Waals surface area contributed by atoms with Gasteiger partial charge in [-0.25, -0.2) is 8.42 Å². The van der Waals surface area contributed by atoms with Crippen molar-refractivity contribution in [1.29, 1.82) is 0 Å². The summed E-state index contributed by atoms with van der Waals surface area (Å²) in [6.45, 7) is 0. The van der Waals surface area contributed by atoms with E-state index >= 15 is 0 Å². The molecule has 1 unspecified atom stereocenters. The van der Waals surface area contributed by atoms with Crippen LogP contribution >= 0.6 is 11.3 Å². The standard InChI is InChI=1S/C15H17NO2S2/c1-16(20(17,18)15-10-5-11-19-15)14-9-4-7-12-6-2-3-8-13(12)14/h2-3,5-6,8,10-11,14H,4,7,9H2,1H3. The zero-order valence-corrected chi connectivity index (χ0v) is 13.0. The van der Waals surface area contributed by atoms with E-state index in [0.717, 1.165) is 24.8 Å². The highest BCUT2D eigenvalue weighted by Gasteiger charge is 2.32. The molecule has 1 heterocycles. The lowest BCUT2D eigenvalue weighted by molar-refractivity contribution is 0.338. The fourth-order valence-corrected chi connectivity index (χ4v) is 5.37. The van der Waals surface area contributed by atoms with E-state index in [1.54, 1.807) is 24.6 Å². The Labute approximate surface area is 123 Å². The molecule has 0 bridgehead atoms. The first-order chi connectivity index (χ1) is 9.60. The quantitative estimate of drug-likeness (QED) is 0.871. The Hall–Kier alpha value is -1.17. The lowest BCUT2D eigenvalue weighted by Crippen LogP contribution is -2.33. The van der Waals surface area contributed by atoms with Crippen LogP contribution in [0.5, 0.6) is 0 Å². The Kier molecular flexibility index (Phi) is 3.67. The molecule has 1 aliphatic carbocycles. The maximum absolute atomic E-state index is 12.6. The fourth-order valence-electron chi connectivity index (χ4n) is 2.83. The second-order valence-electron chi connectivity index (χ2n) is 5.06. The molecule has 1 aromatic carbocycles. The molecule has 106 valence electrons. The molecule has 1 aromatic heterocycles. The van der Waals surface area contributed by atoms with E-state index in [1.807, 2.05) is 12.1 Å². The van der Waals surface area contributed by atoms with E-state index in [-0.39, 0.29) is 6.04 Å². The fraction of sp³-hybridized carbons (Fsp3) is 0.333. The normalized spacial score (nSPS) is 19.0. The summed E-state index contributed by atoms with van der Waals surface area (Å²) in [5, 5.41) is 1.80. The van der Waals surface area contributed by atoms with Gasteiger partial charge in [-0.15, -0.1) is 11.3 Å². The lowest BCUT2D eigenvalue weighted by Gasteiger charge is -2.32. The van der Waals surface area contributed by atoms with Crippen LogP contribution in [0.25, 0.3) is 0 Å². The van der Waals surface area contributed by atoms with E-state index in [4.69, 9.17) is 0 Å². The van der Waals surface area contributed by atoms with E-state index in [1.165, 1.54) is 21.2 Å². The molecule has 20 heavy (non-hydrogen) atoms. The smallest absolute Gasteiger partial charge is 0.206 e. The topological polar surface area (TPSA) is 37.4 Å². The van der Waals surface area contributed by atoms with Gasteiger partial charge >= 0.3 is 0 Å². The minimum atomic E-state index is -3.39. The number of benzene rings is 1. The third-order valence-corrected chi connectivity index (χ3v) is 7.14. The Morgan fingerprint density at radius 2 is 2.00 bits per heavy atom. The van der Waals surface area contributed by atoms with Gasteiger partial charge in [0.25, 0.3) is 10.0 Å². The SMILES string of the molecule is CN(C1CCCc2ccccc21)S(=O)(=O)c1cccs1. The van der Waals surface area contributed by atoms with E-state index in [2.05, 4.69) is 12.1 Å². The highest BCUT2D eigenvalue weighted by Crippen LogP contribution is 2.36. The molecule has 0 aliphatic heterocycles. The summed E-state index contributed by atoms with van der Waals surface area (Å²) in [6, 6.07) is 11.6. The third-order valence-electron chi connectivity index (χ3n) is 3.91. The minimum Gasteiger partial charge on any atom is -0.206 e. The van der Waals surface area contributed by atoms with Crippen LogP contribution in [0.2, 0.25) is 0 Å². The number of fused-ring (bicyclic) bond motifs is 1. The molecular weight excluding hydrogens is 290 g/mol. The van der Waals surface area contributed by atoms with Gasteiger partial charge < -0.3 is 0 Å². The lowest BCUT2D eigenvalue weighted by atomic mass is 9.88. The molecule has 0 amide bonds. The molecule has 3 nitrogen and oxygen atoms in total. The van der Waals surface area contributed by atoms with Gasteiger partial charge in [-0.05, 0) is 41.8 Å². The number of hydrogen-bond acceptors (Lipinski definition) is 3. The van der Waals surface area contributed by atoms with Crippen LogP contribution in [-0.4, -0.2) is 19.8 Å². The highest BCUT2D eigenvalue weighted by atomic mass is 32.2. The van der Waals surface area contributed by atoms with Crippen molar-refractivity contribution in [3.8, 4) is 0 Å². The van der Waals surface area contributed by atoms with Gasteiger partial charge in [0.05, 0.1) is 6.04 Å². The average Bonchev–Trinajstić information content (AvgIpc) is 3.01. The van der Waals surface area contributed by atoms with Gasteiger partial charge in [-0.2, -0.15) is 4.31 Å². The zero-order valence-electron chi connectivity index (χ0n) is 11.3. The van der Waals surface area contributed by atoms with Crippen molar-refractivity contribution in [2.24, 2.45) is 0 Å². The van der Waals surface area contributed by atoms with Crippen LogP contribution in [-0.2, 0) is 16.4 Å². The van der Waals surface area contributed by atoms with Gasteiger partial charge in [0.2, 0.25) is 0 Å². The van der Waals surface area contributed by atoms with Crippen molar-refractivity contribution in [1.82, 2.24) is 4.31 Å². The molecular formula is C15H17NO2S2. The predicted molar refractivity (Wildman–Crippen MR) is 81.4 cm³/mol. The number of rotatable bonds is 3. The molecule has 1 aliphatic rings. The second-order valence-corrected chi connectivity index (χ2v) is 8.23. The molecule has 0 radical (unpaired) electrons. The first-order valence-corrected chi connectivity index (χ1v) is 9.02. The number of hydrogen-bond donors (Lipinski definition) is 0. The summed E-state index contributed by atoms with van der Waals surface area (Å²) >= 11 is 1.27. The average molecular weight is 307 g/mol. The van der Waals surface area contributed by atoms with Crippen LogP contribution in [0, 0.1) is 0 Å². The summed E-state index contributed by atoms with van der Waals surface area (Å²) in [6.07, 6.45) is 2.96. The third kappa shape index (κ3) is 2.30. The van der Waals surface area contributed by atoms with E-state index in [9.17, 15) is 8.42 Å². The van der Waals surface area contributed by atoms with Crippen molar-refractivity contribution in [2.75, 3.05) is 7.05 Å². The van der Waals surface area contributed by atoms with Crippen molar-refractivity contribution < 1.29 is 8.42 Å². The van der Waals surface area contributed by atoms with Crippen LogP contribution < -0.4 is 0 Å². The van der Waals surface area contributed by atoms with Crippen molar-refractivity contribution in [2.45, 2.75) is 29.5 Å². The number of aryl methyl sites for hydroxylation is 1. The summed E-state index contributed by atoms with van der Waals surface area (Å²) in [5.41, 5.74) is 2.43.